The average molecular weight is 351 g/mol. The van der Waals surface area contributed by atoms with Gasteiger partial charge in [-0.05, 0) is 33.1 Å². The van der Waals surface area contributed by atoms with Crippen LogP contribution in [0.4, 0.5) is 13.2 Å². The number of rotatable bonds is 4. The van der Waals surface area contributed by atoms with Gasteiger partial charge in [0.15, 0.2) is 0 Å². The Balaban J connectivity index is 2.56. The first-order valence-corrected chi connectivity index (χ1v) is 8.12. The van der Waals surface area contributed by atoms with Crippen molar-refractivity contribution in [1.82, 2.24) is 5.32 Å². The van der Waals surface area contributed by atoms with E-state index in [1.54, 1.807) is 32.1 Å². The van der Waals surface area contributed by atoms with Gasteiger partial charge >= 0.3 is 12.1 Å². The second-order valence-electron chi connectivity index (χ2n) is 5.24. The van der Waals surface area contributed by atoms with E-state index in [0.717, 1.165) is 11.8 Å². The van der Waals surface area contributed by atoms with Crippen molar-refractivity contribution in [2.24, 2.45) is 0 Å². The molecule has 3 unspecified atom stereocenters. The summed E-state index contributed by atoms with van der Waals surface area (Å²) in [5.41, 5.74) is 0.511. The molecule has 0 aromatic carbocycles. The van der Waals surface area contributed by atoms with E-state index in [1.807, 2.05) is 5.32 Å². The molecule has 1 fully saturated rings. The van der Waals surface area contributed by atoms with Crippen molar-refractivity contribution < 1.29 is 27.9 Å². The molecule has 2 N–H and O–H groups in total. The molecule has 0 aromatic heterocycles. The van der Waals surface area contributed by atoms with E-state index >= 15 is 0 Å². The number of amides is 1. The van der Waals surface area contributed by atoms with E-state index in [2.05, 4.69) is 0 Å². The number of carbonyl (C=O) groups excluding carboxylic acids is 2. The van der Waals surface area contributed by atoms with Gasteiger partial charge in [-0.25, -0.2) is 0 Å². The zero-order valence-corrected chi connectivity index (χ0v) is 13.7. The first-order valence-electron chi connectivity index (χ1n) is 7.24. The second-order valence-corrected chi connectivity index (χ2v) is 6.45. The molecule has 0 aliphatic heterocycles. The minimum atomic E-state index is -4.93. The predicted octanol–water partition coefficient (Wildman–Crippen LogP) is 2.73. The van der Waals surface area contributed by atoms with Crippen LogP contribution in [-0.2, 0) is 9.59 Å². The van der Waals surface area contributed by atoms with Crippen LogP contribution in [-0.4, -0.2) is 39.7 Å². The lowest BCUT2D eigenvalue weighted by atomic mass is 9.92. The predicted molar refractivity (Wildman–Crippen MR) is 82.8 cm³/mol. The molecular formula is C15H20F3NO3S. The lowest BCUT2D eigenvalue weighted by Crippen LogP contribution is -2.48. The van der Waals surface area contributed by atoms with Gasteiger partial charge in [-0.2, -0.15) is 13.2 Å². The van der Waals surface area contributed by atoms with Gasteiger partial charge < -0.3 is 10.4 Å². The van der Waals surface area contributed by atoms with Crippen LogP contribution in [0.3, 0.4) is 0 Å². The number of thioether (sulfide) groups is 1. The number of aliphatic hydroxyl groups is 1. The van der Waals surface area contributed by atoms with Gasteiger partial charge in [0.05, 0.1) is 6.10 Å². The van der Waals surface area contributed by atoms with Crippen molar-refractivity contribution in [2.45, 2.75) is 56.7 Å². The molecule has 0 saturated heterocycles. The molecule has 0 heterocycles. The fourth-order valence-electron chi connectivity index (χ4n) is 2.32. The van der Waals surface area contributed by atoms with Crippen LogP contribution in [0.1, 0.15) is 33.1 Å². The third-order valence-corrected chi connectivity index (χ3v) is 4.80. The number of hydrogen-bond donors (Lipinski definition) is 2. The molecular weight excluding hydrogens is 331 g/mol. The van der Waals surface area contributed by atoms with E-state index in [4.69, 9.17) is 0 Å². The molecule has 23 heavy (non-hydrogen) atoms. The van der Waals surface area contributed by atoms with Gasteiger partial charge in [0.2, 0.25) is 5.12 Å². The maximum Gasteiger partial charge on any atom is 0.471 e. The molecule has 4 nitrogen and oxygen atoms in total. The van der Waals surface area contributed by atoms with E-state index in [9.17, 15) is 27.9 Å². The smallest absolute Gasteiger partial charge is 0.392 e. The molecule has 0 aromatic rings. The normalized spacial score (nSPS) is 26.3. The fraction of sp³-hybridized carbons (Fsp3) is 0.600. The number of halogens is 3. The Labute approximate surface area is 137 Å². The third-order valence-electron chi connectivity index (χ3n) is 3.50. The summed E-state index contributed by atoms with van der Waals surface area (Å²) in [6.07, 6.45) is -0.172. The van der Waals surface area contributed by atoms with E-state index < -0.39 is 24.2 Å². The van der Waals surface area contributed by atoms with Gasteiger partial charge in [-0.15, -0.1) is 0 Å². The number of hydrogen-bond acceptors (Lipinski definition) is 4. The molecule has 1 rings (SSSR count). The summed E-state index contributed by atoms with van der Waals surface area (Å²) in [7, 11) is 0. The Bertz CT molecular complexity index is 503. The van der Waals surface area contributed by atoms with Crippen molar-refractivity contribution in [2.75, 3.05) is 0 Å². The van der Waals surface area contributed by atoms with Crippen molar-refractivity contribution in [3.05, 3.63) is 23.8 Å². The van der Waals surface area contributed by atoms with E-state index in [-0.39, 0.29) is 16.8 Å². The van der Waals surface area contributed by atoms with Crippen LogP contribution >= 0.6 is 11.8 Å². The lowest BCUT2D eigenvalue weighted by molar-refractivity contribution is -0.174. The van der Waals surface area contributed by atoms with E-state index in [1.165, 1.54) is 0 Å². The van der Waals surface area contributed by atoms with Crippen molar-refractivity contribution >= 4 is 22.8 Å². The summed E-state index contributed by atoms with van der Waals surface area (Å²) in [6.45, 7) is 3.51. The number of aliphatic hydroxyl groups excluding tert-OH is 1. The summed E-state index contributed by atoms with van der Waals surface area (Å²) in [5.74, 6) is -2.00. The van der Waals surface area contributed by atoms with Crippen LogP contribution in [0.15, 0.2) is 23.8 Å². The lowest BCUT2D eigenvalue weighted by Gasteiger charge is -2.32. The molecule has 0 spiro atoms. The highest BCUT2D eigenvalue weighted by atomic mass is 32.2. The van der Waals surface area contributed by atoms with Crippen LogP contribution in [0, 0.1) is 0 Å². The monoisotopic (exact) mass is 351 g/mol. The largest absolute Gasteiger partial charge is 0.471 e. The van der Waals surface area contributed by atoms with Crippen molar-refractivity contribution in [1.29, 1.82) is 0 Å². The van der Waals surface area contributed by atoms with Crippen molar-refractivity contribution in [3.8, 4) is 0 Å². The van der Waals surface area contributed by atoms with Crippen LogP contribution in [0.5, 0.6) is 0 Å². The highest BCUT2D eigenvalue weighted by Crippen LogP contribution is 2.31. The fourth-order valence-corrected chi connectivity index (χ4v) is 3.44. The molecule has 1 amide bonds. The zero-order valence-electron chi connectivity index (χ0n) is 12.9. The second kappa shape index (κ2) is 8.54. The molecule has 0 radical (unpaired) electrons. The maximum absolute atomic E-state index is 12.2. The van der Waals surface area contributed by atoms with E-state index in [0.29, 0.717) is 18.4 Å². The van der Waals surface area contributed by atoms with Gasteiger partial charge in [0.1, 0.15) is 0 Å². The first-order chi connectivity index (χ1) is 10.7. The zero-order chi connectivity index (χ0) is 17.6. The summed E-state index contributed by atoms with van der Waals surface area (Å²) >= 11 is 0.984. The standard InChI is InChI=1S/C15H20F3NO3S/c1-3-5-9(4-2)13(21)23-12-7-6-10(8-11(12)20)19-14(22)15(16,17)18/h3-5,10-12,20H,6-8H2,1-2H3,(H,19,22). The minimum Gasteiger partial charge on any atom is -0.392 e. The average Bonchev–Trinajstić information content (AvgIpc) is 2.46. The van der Waals surface area contributed by atoms with Crippen LogP contribution < -0.4 is 5.32 Å². The topological polar surface area (TPSA) is 66.4 Å². The Morgan fingerprint density at radius 1 is 1.26 bits per heavy atom. The SMILES string of the molecule is CC=CC(=CC)C(=O)SC1CCC(NC(=O)C(F)(F)F)CC1O. The number of carbonyl (C=O) groups is 2. The molecule has 1 saturated carbocycles. The number of allylic oxidation sites excluding steroid dienone is 3. The highest BCUT2D eigenvalue weighted by molar-refractivity contribution is 8.14. The summed E-state index contributed by atoms with van der Waals surface area (Å²) in [4.78, 5) is 23.0. The van der Waals surface area contributed by atoms with Gasteiger partial charge in [-0.3, -0.25) is 9.59 Å². The Hall–Kier alpha value is -1.28. The molecule has 1 aliphatic carbocycles. The highest BCUT2D eigenvalue weighted by Gasteiger charge is 2.41. The third kappa shape index (κ3) is 6.02. The molecule has 8 heteroatoms. The maximum atomic E-state index is 12.2. The summed E-state index contributed by atoms with van der Waals surface area (Å²) in [5, 5.41) is 11.3. The van der Waals surface area contributed by atoms with Crippen molar-refractivity contribution in [3.63, 3.8) is 0 Å². The molecule has 130 valence electrons. The quantitative estimate of drug-likeness (QED) is 0.604. The molecule has 3 atom stereocenters. The number of alkyl halides is 3. The van der Waals surface area contributed by atoms with Gasteiger partial charge in [0.25, 0.3) is 0 Å². The van der Waals surface area contributed by atoms with Crippen LogP contribution in [0.25, 0.3) is 0 Å². The number of nitrogens with one attached hydrogen (secondary N) is 1. The first kappa shape index (κ1) is 19.8. The Morgan fingerprint density at radius 2 is 1.91 bits per heavy atom. The Morgan fingerprint density at radius 3 is 2.39 bits per heavy atom. The summed E-state index contributed by atoms with van der Waals surface area (Å²) < 4.78 is 36.6. The van der Waals surface area contributed by atoms with Crippen LogP contribution in [0.2, 0.25) is 0 Å². The Kier molecular flexibility index (Phi) is 7.34. The molecule has 0 bridgehead atoms. The minimum absolute atomic E-state index is 0.00154. The van der Waals surface area contributed by atoms with Gasteiger partial charge in [-0.1, -0.05) is 30.0 Å². The van der Waals surface area contributed by atoms with Gasteiger partial charge in [0, 0.05) is 16.9 Å². The molecule has 1 aliphatic rings. The summed E-state index contributed by atoms with van der Waals surface area (Å²) in [6, 6.07) is -0.734.